The summed E-state index contributed by atoms with van der Waals surface area (Å²) in [4.78, 5) is 38.9. The second-order valence-corrected chi connectivity index (χ2v) is 10.7. The van der Waals surface area contributed by atoms with Crippen molar-refractivity contribution in [3.8, 4) is 0 Å². The molecule has 0 saturated heterocycles. The molecule has 0 radical (unpaired) electrons. The topological polar surface area (TPSA) is 75.7 Å². The fraction of sp³-hybridized carbons (Fsp3) is 0.609. The van der Waals surface area contributed by atoms with Gasteiger partial charge in [0.05, 0.1) is 23.2 Å². The molecule has 2 bridgehead atoms. The zero-order valence-corrected chi connectivity index (χ0v) is 19.6. The highest BCUT2D eigenvalue weighted by molar-refractivity contribution is 6.33. The summed E-state index contributed by atoms with van der Waals surface area (Å²) in [6.07, 6.45) is 0.798. The van der Waals surface area contributed by atoms with Gasteiger partial charge in [0.25, 0.3) is 0 Å². The Hall–Kier alpha value is -2.15. The Kier molecular flexibility index (Phi) is 5.89. The first-order chi connectivity index (χ1) is 14.2. The Labute approximate surface area is 187 Å². The number of anilines is 1. The molecule has 1 unspecified atom stereocenters. The molecule has 6 nitrogen and oxygen atoms in total. The number of nitrogens with one attached hydrogen (secondary N) is 1. The van der Waals surface area contributed by atoms with E-state index < -0.39 is 28.8 Å². The number of ether oxygens (including phenoxy) is 1. The number of carbonyl (C=O) groups is 3. The number of carbonyl (C=O) groups excluding carboxylic acids is 3. The highest BCUT2D eigenvalue weighted by Gasteiger charge is 2.67. The SMILES string of the molecule is CC(C)(C)OC(=O)NN(CC(=O)C1C(=O)[C@]2(C)CC[C@@H]1C2(C)C)c1ccc(F)cc1Cl. The van der Waals surface area contributed by atoms with E-state index in [9.17, 15) is 18.8 Å². The molecular weight excluding hydrogens is 423 g/mol. The molecule has 0 heterocycles. The van der Waals surface area contributed by atoms with Gasteiger partial charge in [-0.2, -0.15) is 0 Å². The van der Waals surface area contributed by atoms with Crippen LogP contribution < -0.4 is 10.4 Å². The maximum atomic E-state index is 13.6. The van der Waals surface area contributed by atoms with E-state index in [1.807, 2.05) is 20.8 Å². The Bertz CT molecular complexity index is 927. The normalized spacial score (nSPS) is 26.6. The van der Waals surface area contributed by atoms with Crippen LogP contribution in [0.4, 0.5) is 14.9 Å². The van der Waals surface area contributed by atoms with Gasteiger partial charge in [0, 0.05) is 5.41 Å². The zero-order chi connectivity index (χ0) is 23.4. The van der Waals surface area contributed by atoms with Crippen molar-refractivity contribution in [2.45, 2.75) is 60.0 Å². The molecule has 170 valence electrons. The average molecular weight is 453 g/mol. The van der Waals surface area contributed by atoms with Crippen LogP contribution in [0, 0.1) is 28.5 Å². The van der Waals surface area contributed by atoms with E-state index in [0.717, 1.165) is 18.9 Å². The molecule has 1 aromatic carbocycles. The van der Waals surface area contributed by atoms with Crippen molar-refractivity contribution in [2.24, 2.45) is 22.7 Å². The van der Waals surface area contributed by atoms with Crippen LogP contribution in [0.3, 0.4) is 0 Å². The lowest BCUT2D eigenvalue weighted by Gasteiger charge is -2.32. The average Bonchev–Trinajstić information content (AvgIpc) is 2.91. The number of amides is 1. The van der Waals surface area contributed by atoms with Gasteiger partial charge in [-0.05, 0) is 63.1 Å². The monoisotopic (exact) mass is 452 g/mol. The Balaban J connectivity index is 1.87. The number of halogens is 2. The highest BCUT2D eigenvalue weighted by Crippen LogP contribution is 2.65. The standard InChI is InChI=1S/C23H30ClFN2O4/c1-21(2,3)31-20(30)26-27(16-8-7-13(25)11-15(16)24)12-17(28)18-14-9-10-23(6,19(18)29)22(14,4)5/h7-8,11,14,18H,9-10,12H2,1-6H3,(H,26,30)/t14-,18?,23-/m0/s1. The molecule has 1 amide bonds. The van der Waals surface area contributed by atoms with Crippen LogP contribution in [0.15, 0.2) is 18.2 Å². The molecular formula is C23H30ClFN2O4. The first kappa shape index (κ1) is 23.5. The smallest absolute Gasteiger partial charge is 0.426 e. The van der Waals surface area contributed by atoms with Gasteiger partial charge in [0.2, 0.25) is 0 Å². The molecule has 0 aromatic heterocycles. The van der Waals surface area contributed by atoms with Gasteiger partial charge in [0.1, 0.15) is 17.2 Å². The zero-order valence-electron chi connectivity index (χ0n) is 18.8. The molecule has 2 fully saturated rings. The van der Waals surface area contributed by atoms with Crippen LogP contribution in [-0.2, 0) is 14.3 Å². The van der Waals surface area contributed by atoms with Crippen molar-refractivity contribution in [3.63, 3.8) is 0 Å². The van der Waals surface area contributed by atoms with Crippen LogP contribution >= 0.6 is 11.6 Å². The van der Waals surface area contributed by atoms with E-state index in [1.165, 1.54) is 17.1 Å². The van der Waals surface area contributed by atoms with Crippen LogP contribution in [-0.4, -0.2) is 29.8 Å². The number of nitrogens with zero attached hydrogens (tertiary/aromatic N) is 1. The van der Waals surface area contributed by atoms with Crippen LogP contribution in [0.25, 0.3) is 0 Å². The number of ketones is 2. The van der Waals surface area contributed by atoms with E-state index in [1.54, 1.807) is 20.8 Å². The minimum absolute atomic E-state index is 0.0235. The van der Waals surface area contributed by atoms with Gasteiger partial charge in [-0.15, -0.1) is 0 Å². The molecule has 0 aliphatic heterocycles. The van der Waals surface area contributed by atoms with Gasteiger partial charge in [-0.1, -0.05) is 32.4 Å². The van der Waals surface area contributed by atoms with Crippen molar-refractivity contribution in [2.75, 3.05) is 11.6 Å². The molecule has 1 N–H and O–H groups in total. The van der Waals surface area contributed by atoms with E-state index in [-0.39, 0.29) is 40.2 Å². The third-order valence-electron chi connectivity index (χ3n) is 7.02. The second kappa shape index (κ2) is 7.76. The summed E-state index contributed by atoms with van der Waals surface area (Å²) in [5.41, 5.74) is 1.20. The van der Waals surface area contributed by atoms with Crippen LogP contribution in [0.5, 0.6) is 0 Å². The third kappa shape index (κ3) is 4.16. The fourth-order valence-electron chi connectivity index (χ4n) is 5.01. The van der Waals surface area contributed by atoms with Gasteiger partial charge in [-0.25, -0.2) is 14.6 Å². The van der Waals surface area contributed by atoms with Crippen molar-refractivity contribution in [1.82, 2.24) is 5.43 Å². The molecule has 2 aliphatic carbocycles. The first-order valence-electron chi connectivity index (χ1n) is 10.5. The maximum Gasteiger partial charge on any atom is 0.426 e. The molecule has 0 spiro atoms. The summed E-state index contributed by atoms with van der Waals surface area (Å²) < 4.78 is 18.9. The summed E-state index contributed by atoms with van der Waals surface area (Å²) in [7, 11) is 0. The van der Waals surface area contributed by atoms with Gasteiger partial charge in [-0.3, -0.25) is 14.6 Å². The van der Waals surface area contributed by atoms with E-state index >= 15 is 0 Å². The van der Waals surface area contributed by atoms with Crippen molar-refractivity contribution in [1.29, 1.82) is 0 Å². The van der Waals surface area contributed by atoms with Crippen LogP contribution in [0.2, 0.25) is 5.02 Å². The summed E-state index contributed by atoms with van der Waals surface area (Å²) in [6, 6.07) is 3.65. The number of hydrogen-bond acceptors (Lipinski definition) is 5. The molecule has 31 heavy (non-hydrogen) atoms. The highest BCUT2D eigenvalue weighted by atomic mass is 35.5. The maximum absolute atomic E-state index is 13.6. The minimum Gasteiger partial charge on any atom is -0.443 e. The third-order valence-corrected chi connectivity index (χ3v) is 7.32. The molecule has 3 rings (SSSR count). The number of benzene rings is 1. The van der Waals surface area contributed by atoms with Gasteiger partial charge in [0.15, 0.2) is 5.78 Å². The predicted octanol–water partition coefficient (Wildman–Crippen LogP) is 4.94. The predicted molar refractivity (Wildman–Crippen MR) is 116 cm³/mol. The minimum atomic E-state index is -0.785. The molecule has 2 aliphatic rings. The summed E-state index contributed by atoms with van der Waals surface area (Å²) in [5.74, 6) is -1.68. The van der Waals surface area contributed by atoms with Crippen molar-refractivity contribution in [3.05, 3.63) is 29.0 Å². The number of rotatable bonds is 5. The fourth-order valence-corrected chi connectivity index (χ4v) is 5.28. The first-order valence-corrected chi connectivity index (χ1v) is 10.8. The van der Waals surface area contributed by atoms with E-state index in [2.05, 4.69) is 5.43 Å². The lowest BCUT2D eigenvalue weighted by Crippen LogP contribution is -2.49. The Morgan fingerprint density at radius 1 is 1.29 bits per heavy atom. The van der Waals surface area contributed by atoms with Crippen molar-refractivity contribution < 1.29 is 23.5 Å². The lowest BCUT2D eigenvalue weighted by atomic mass is 9.70. The summed E-state index contributed by atoms with van der Waals surface area (Å²) in [5, 5.41) is 1.25. The quantitative estimate of drug-likeness (QED) is 0.506. The number of hydrazine groups is 1. The summed E-state index contributed by atoms with van der Waals surface area (Å²) >= 11 is 6.19. The lowest BCUT2D eigenvalue weighted by molar-refractivity contribution is -0.137. The summed E-state index contributed by atoms with van der Waals surface area (Å²) in [6.45, 7) is 10.9. The Morgan fingerprint density at radius 2 is 1.94 bits per heavy atom. The van der Waals surface area contributed by atoms with Crippen molar-refractivity contribution >= 4 is 34.9 Å². The number of fused-ring (bicyclic) bond motifs is 2. The number of hydrogen-bond donors (Lipinski definition) is 1. The molecule has 8 heteroatoms. The largest absolute Gasteiger partial charge is 0.443 e. The van der Waals surface area contributed by atoms with E-state index in [4.69, 9.17) is 16.3 Å². The van der Waals surface area contributed by atoms with Gasteiger partial charge < -0.3 is 4.74 Å². The Morgan fingerprint density at radius 3 is 2.45 bits per heavy atom. The second-order valence-electron chi connectivity index (χ2n) is 10.3. The molecule has 3 atom stereocenters. The van der Waals surface area contributed by atoms with E-state index in [0.29, 0.717) is 0 Å². The van der Waals surface area contributed by atoms with Crippen LogP contribution in [0.1, 0.15) is 54.4 Å². The number of Topliss-reactive ketones (excluding diaryl/α,β-unsaturated/α-hetero) is 2. The molecule has 2 saturated carbocycles. The molecule has 1 aromatic rings. The van der Waals surface area contributed by atoms with Gasteiger partial charge >= 0.3 is 6.09 Å².